The molecule has 2 atom stereocenters. The molecule has 4 N–H and O–H groups in total. The number of amides is 2. The van der Waals surface area contributed by atoms with Crippen LogP contribution >= 0.6 is 0 Å². The van der Waals surface area contributed by atoms with E-state index in [0.29, 0.717) is 17.7 Å². The van der Waals surface area contributed by atoms with E-state index in [0.717, 1.165) is 11.1 Å². The normalized spacial score (nSPS) is 17.5. The minimum Gasteiger partial charge on any atom is -0.491 e. The zero-order valence-corrected chi connectivity index (χ0v) is 16.9. The van der Waals surface area contributed by atoms with Gasteiger partial charge >= 0.3 is 12.1 Å². The molecule has 0 spiro atoms. The van der Waals surface area contributed by atoms with Gasteiger partial charge in [0.25, 0.3) is 0 Å². The van der Waals surface area contributed by atoms with Crippen LogP contribution in [0.15, 0.2) is 48.5 Å². The molecule has 0 bridgehead atoms. The van der Waals surface area contributed by atoms with Gasteiger partial charge in [0.05, 0.1) is 25.5 Å². The number of carboxylic acids is 1. The Labute approximate surface area is 178 Å². The molecule has 9 heteroatoms. The topological polar surface area (TPSA) is 138 Å². The lowest BCUT2D eigenvalue weighted by Crippen LogP contribution is -2.31. The van der Waals surface area contributed by atoms with E-state index in [4.69, 9.17) is 15.3 Å². The van der Waals surface area contributed by atoms with Gasteiger partial charge in [0.15, 0.2) is 0 Å². The van der Waals surface area contributed by atoms with E-state index in [9.17, 15) is 14.4 Å². The average Bonchev–Trinajstić information content (AvgIpc) is 3.11. The predicted octanol–water partition coefficient (Wildman–Crippen LogP) is 2.39. The first-order valence-corrected chi connectivity index (χ1v) is 9.65. The van der Waals surface area contributed by atoms with Crippen molar-refractivity contribution in [1.29, 1.82) is 5.41 Å². The standard InChI is InChI=1S/C22H23N3O6/c1-30-22(29)25-20(23)15-4-2-13(3-5-15)14-6-8-18(9-7-14)31-12-17-10-16(11-19(26)27)21(28)24-17/h2-9,16-17H,10-12H2,1H3,(H,24,28)(H,26,27)(H2,23,25,29)/t16-,17-/m0/s1. The summed E-state index contributed by atoms with van der Waals surface area (Å²) in [5.74, 6) is -1.15. The largest absolute Gasteiger partial charge is 0.491 e. The van der Waals surface area contributed by atoms with Crippen LogP contribution in [0.3, 0.4) is 0 Å². The van der Waals surface area contributed by atoms with Gasteiger partial charge in [-0.25, -0.2) is 4.79 Å². The SMILES string of the molecule is COC(=O)NC(=N)c1ccc(-c2ccc(OC[C@@H]3C[C@@H](CC(=O)O)C(=O)N3)cc2)cc1. The number of alkyl carbamates (subject to hydrolysis) is 1. The van der Waals surface area contributed by atoms with Gasteiger partial charge in [-0.1, -0.05) is 36.4 Å². The molecule has 2 amide bonds. The number of benzene rings is 2. The lowest BCUT2D eigenvalue weighted by atomic mass is 10.0. The van der Waals surface area contributed by atoms with Gasteiger partial charge in [-0.05, 0) is 29.7 Å². The number of hydrogen-bond donors (Lipinski definition) is 4. The third-order valence-electron chi connectivity index (χ3n) is 4.93. The predicted molar refractivity (Wildman–Crippen MR) is 112 cm³/mol. The molecule has 162 valence electrons. The fourth-order valence-electron chi connectivity index (χ4n) is 3.32. The molecule has 0 aromatic heterocycles. The summed E-state index contributed by atoms with van der Waals surface area (Å²) in [5.41, 5.74) is 2.43. The number of amidine groups is 1. The van der Waals surface area contributed by atoms with Gasteiger partial charge in [0.1, 0.15) is 18.2 Å². The Bertz CT molecular complexity index is 972. The number of rotatable bonds is 7. The number of hydrogen-bond acceptors (Lipinski definition) is 6. The molecule has 3 rings (SSSR count). The lowest BCUT2D eigenvalue weighted by molar-refractivity contribution is -0.140. The number of carbonyl (C=O) groups excluding carboxylic acids is 2. The molecule has 0 unspecified atom stereocenters. The number of aliphatic carboxylic acids is 1. The minimum absolute atomic E-state index is 0.0493. The first kappa shape index (κ1) is 21.8. The van der Waals surface area contributed by atoms with E-state index in [1.165, 1.54) is 7.11 Å². The Hall–Kier alpha value is -3.88. The first-order valence-electron chi connectivity index (χ1n) is 9.65. The van der Waals surface area contributed by atoms with Gasteiger partial charge in [0, 0.05) is 5.56 Å². The summed E-state index contributed by atoms with van der Waals surface area (Å²) >= 11 is 0. The van der Waals surface area contributed by atoms with Gasteiger partial charge in [-0.2, -0.15) is 0 Å². The van der Waals surface area contributed by atoms with E-state index in [1.54, 1.807) is 12.1 Å². The highest BCUT2D eigenvalue weighted by molar-refractivity contribution is 6.04. The fourth-order valence-corrected chi connectivity index (χ4v) is 3.32. The molecule has 1 saturated heterocycles. The second-order valence-corrected chi connectivity index (χ2v) is 7.14. The zero-order chi connectivity index (χ0) is 22.4. The van der Waals surface area contributed by atoms with Gasteiger partial charge in [0.2, 0.25) is 5.91 Å². The Morgan fingerprint density at radius 1 is 1.13 bits per heavy atom. The number of ether oxygens (including phenoxy) is 2. The van der Waals surface area contributed by atoms with Crippen LogP contribution in [0.2, 0.25) is 0 Å². The van der Waals surface area contributed by atoms with E-state index in [1.807, 2.05) is 36.4 Å². The van der Waals surface area contributed by atoms with E-state index in [-0.39, 0.29) is 30.8 Å². The molecular weight excluding hydrogens is 402 g/mol. The van der Waals surface area contributed by atoms with Crippen LogP contribution in [0, 0.1) is 11.3 Å². The highest BCUT2D eigenvalue weighted by Crippen LogP contribution is 2.24. The van der Waals surface area contributed by atoms with Crippen molar-refractivity contribution < 1.29 is 29.0 Å². The van der Waals surface area contributed by atoms with Crippen LogP contribution in [0.25, 0.3) is 11.1 Å². The van der Waals surface area contributed by atoms with Crippen LogP contribution < -0.4 is 15.4 Å². The first-order chi connectivity index (χ1) is 14.9. The Morgan fingerprint density at radius 2 is 1.74 bits per heavy atom. The van der Waals surface area contributed by atoms with Crippen molar-refractivity contribution >= 4 is 23.8 Å². The van der Waals surface area contributed by atoms with Crippen molar-refractivity contribution in [3.63, 3.8) is 0 Å². The number of carbonyl (C=O) groups is 3. The van der Waals surface area contributed by atoms with Crippen molar-refractivity contribution in [2.75, 3.05) is 13.7 Å². The molecule has 9 nitrogen and oxygen atoms in total. The summed E-state index contributed by atoms with van der Waals surface area (Å²) in [6, 6.07) is 14.3. The van der Waals surface area contributed by atoms with Crippen molar-refractivity contribution in [3.8, 4) is 16.9 Å². The van der Waals surface area contributed by atoms with Crippen LogP contribution in [0.5, 0.6) is 5.75 Å². The van der Waals surface area contributed by atoms with Gasteiger partial charge in [-0.15, -0.1) is 0 Å². The summed E-state index contributed by atoms with van der Waals surface area (Å²) in [6.45, 7) is 0.269. The fraction of sp³-hybridized carbons (Fsp3) is 0.273. The van der Waals surface area contributed by atoms with Crippen molar-refractivity contribution in [2.45, 2.75) is 18.9 Å². The second kappa shape index (κ2) is 9.75. The lowest BCUT2D eigenvalue weighted by Gasteiger charge is -2.12. The molecule has 2 aromatic rings. The van der Waals surface area contributed by atoms with Crippen LogP contribution in [-0.4, -0.2) is 48.7 Å². The Morgan fingerprint density at radius 3 is 2.32 bits per heavy atom. The average molecular weight is 425 g/mol. The number of nitrogens with one attached hydrogen (secondary N) is 3. The maximum absolute atomic E-state index is 11.8. The highest BCUT2D eigenvalue weighted by atomic mass is 16.5. The second-order valence-electron chi connectivity index (χ2n) is 7.14. The maximum atomic E-state index is 11.8. The smallest absolute Gasteiger partial charge is 0.412 e. The number of carboxylic acid groups (broad SMARTS) is 1. The zero-order valence-electron chi connectivity index (χ0n) is 16.9. The third kappa shape index (κ3) is 5.81. The quantitative estimate of drug-likeness (QED) is 0.397. The van der Waals surface area contributed by atoms with Gasteiger partial charge in [-0.3, -0.25) is 20.3 Å². The molecule has 1 aliphatic heterocycles. The molecular formula is C22H23N3O6. The molecule has 0 aliphatic carbocycles. The van der Waals surface area contributed by atoms with E-state index in [2.05, 4.69) is 15.4 Å². The van der Waals surface area contributed by atoms with E-state index >= 15 is 0 Å². The highest BCUT2D eigenvalue weighted by Gasteiger charge is 2.33. The summed E-state index contributed by atoms with van der Waals surface area (Å²) in [7, 11) is 1.24. The number of methoxy groups -OCH3 is 1. The molecule has 0 saturated carbocycles. The molecule has 0 radical (unpaired) electrons. The Kier molecular flexibility index (Phi) is 6.86. The van der Waals surface area contributed by atoms with Crippen molar-refractivity contribution in [2.24, 2.45) is 5.92 Å². The summed E-state index contributed by atoms with van der Waals surface area (Å²) < 4.78 is 10.2. The van der Waals surface area contributed by atoms with Crippen molar-refractivity contribution in [3.05, 3.63) is 54.1 Å². The molecule has 1 fully saturated rings. The molecule has 2 aromatic carbocycles. The summed E-state index contributed by atoms with van der Waals surface area (Å²) in [6.07, 6.45) is -0.428. The van der Waals surface area contributed by atoms with Crippen LogP contribution in [-0.2, 0) is 14.3 Å². The monoisotopic (exact) mass is 425 g/mol. The molecule has 31 heavy (non-hydrogen) atoms. The summed E-state index contributed by atoms with van der Waals surface area (Å²) in [4.78, 5) is 33.8. The minimum atomic E-state index is -0.984. The van der Waals surface area contributed by atoms with Crippen molar-refractivity contribution in [1.82, 2.24) is 10.6 Å². The van der Waals surface area contributed by atoms with E-state index < -0.39 is 18.0 Å². The maximum Gasteiger partial charge on any atom is 0.412 e. The third-order valence-corrected chi connectivity index (χ3v) is 4.93. The van der Waals surface area contributed by atoms with Crippen LogP contribution in [0.4, 0.5) is 4.79 Å². The Balaban J connectivity index is 1.54. The van der Waals surface area contributed by atoms with Crippen LogP contribution in [0.1, 0.15) is 18.4 Å². The molecule has 1 aliphatic rings. The summed E-state index contributed by atoms with van der Waals surface area (Å²) in [5, 5.41) is 21.8. The van der Waals surface area contributed by atoms with Gasteiger partial charge < -0.3 is 19.9 Å². The molecule has 1 heterocycles.